The molecule has 4 nitrogen and oxygen atoms in total. The molecule has 1 aromatic carbocycles. The van der Waals surface area contributed by atoms with Gasteiger partial charge < -0.3 is 15.0 Å². The van der Waals surface area contributed by atoms with E-state index < -0.39 is 0 Å². The third-order valence-corrected chi connectivity index (χ3v) is 4.11. The van der Waals surface area contributed by atoms with E-state index in [0.29, 0.717) is 12.6 Å². The lowest BCUT2D eigenvalue weighted by atomic mass is 10.2. The Balaban J connectivity index is 1.54. The van der Waals surface area contributed by atoms with Gasteiger partial charge in [-0.05, 0) is 56.5 Å². The Kier molecular flexibility index (Phi) is 4.21. The van der Waals surface area contributed by atoms with Crippen LogP contribution in [0.2, 0.25) is 0 Å². The van der Waals surface area contributed by atoms with Crippen LogP contribution in [-0.2, 0) is 0 Å². The maximum absolute atomic E-state index is 12.2. The van der Waals surface area contributed by atoms with Crippen molar-refractivity contribution in [3.63, 3.8) is 0 Å². The first-order chi connectivity index (χ1) is 9.83. The van der Waals surface area contributed by atoms with Crippen LogP contribution in [0.4, 0.5) is 0 Å². The summed E-state index contributed by atoms with van der Waals surface area (Å²) in [7, 11) is 0. The zero-order valence-corrected chi connectivity index (χ0v) is 11.8. The Morgan fingerprint density at radius 2 is 1.95 bits per heavy atom. The molecule has 2 aliphatic rings. The van der Waals surface area contributed by atoms with Crippen molar-refractivity contribution in [2.45, 2.75) is 31.7 Å². The van der Waals surface area contributed by atoms with Gasteiger partial charge in [-0.1, -0.05) is 0 Å². The van der Waals surface area contributed by atoms with E-state index in [1.807, 2.05) is 29.2 Å². The highest BCUT2D eigenvalue weighted by Crippen LogP contribution is 2.17. The summed E-state index contributed by atoms with van der Waals surface area (Å²) in [5.41, 5.74) is 0.762. The molecule has 0 aliphatic carbocycles. The van der Waals surface area contributed by atoms with Crippen LogP contribution >= 0.6 is 0 Å². The molecule has 108 valence electrons. The predicted molar refractivity (Wildman–Crippen MR) is 78.1 cm³/mol. The fourth-order valence-electron chi connectivity index (χ4n) is 2.89. The van der Waals surface area contributed by atoms with Crippen LogP contribution in [-0.4, -0.2) is 43.1 Å². The van der Waals surface area contributed by atoms with Crippen molar-refractivity contribution in [1.29, 1.82) is 0 Å². The molecule has 2 saturated heterocycles. The number of rotatable bonds is 4. The molecule has 0 saturated carbocycles. The van der Waals surface area contributed by atoms with Gasteiger partial charge in [0.2, 0.25) is 0 Å². The van der Waals surface area contributed by atoms with Crippen molar-refractivity contribution in [2.75, 3.05) is 26.2 Å². The van der Waals surface area contributed by atoms with Crippen LogP contribution in [0.5, 0.6) is 5.75 Å². The summed E-state index contributed by atoms with van der Waals surface area (Å²) < 4.78 is 5.76. The van der Waals surface area contributed by atoms with Gasteiger partial charge in [-0.25, -0.2) is 0 Å². The fraction of sp³-hybridized carbons (Fsp3) is 0.562. The summed E-state index contributed by atoms with van der Waals surface area (Å²) in [6.45, 7) is 3.59. The molecule has 3 rings (SSSR count). The molecule has 1 aromatic rings. The monoisotopic (exact) mass is 274 g/mol. The quantitative estimate of drug-likeness (QED) is 0.913. The number of ether oxygens (including phenoxy) is 1. The molecular weight excluding hydrogens is 252 g/mol. The van der Waals surface area contributed by atoms with Gasteiger partial charge in [0, 0.05) is 24.7 Å². The number of hydrogen-bond acceptors (Lipinski definition) is 3. The Labute approximate surface area is 120 Å². The minimum Gasteiger partial charge on any atom is -0.492 e. The Morgan fingerprint density at radius 3 is 2.60 bits per heavy atom. The molecule has 2 fully saturated rings. The van der Waals surface area contributed by atoms with Crippen molar-refractivity contribution < 1.29 is 9.53 Å². The molecule has 2 heterocycles. The molecule has 4 heteroatoms. The largest absolute Gasteiger partial charge is 0.492 e. The highest BCUT2D eigenvalue weighted by molar-refractivity contribution is 5.94. The van der Waals surface area contributed by atoms with Gasteiger partial charge in [-0.15, -0.1) is 0 Å². The second kappa shape index (κ2) is 6.27. The number of carbonyl (C=O) groups is 1. The smallest absolute Gasteiger partial charge is 0.253 e. The fourth-order valence-corrected chi connectivity index (χ4v) is 2.89. The second-order valence-corrected chi connectivity index (χ2v) is 5.63. The van der Waals surface area contributed by atoms with Crippen molar-refractivity contribution in [3.05, 3.63) is 29.8 Å². The minimum atomic E-state index is 0.145. The number of carbonyl (C=O) groups excluding carboxylic acids is 1. The molecule has 2 aliphatic heterocycles. The lowest BCUT2D eigenvalue weighted by Gasteiger charge is -2.16. The Bertz CT molecular complexity index is 446. The maximum Gasteiger partial charge on any atom is 0.253 e. The average molecular weight is 274 g/mol. The average Bonchev–Trinajstić information content (AvgIpc) is 3.18. The van der Waals surface area contributed by atoms with Crippen LogP contribution in [0.15, 0.2) is 24.3 Å². The van der Waals surface area contributed by atoms with Crippen LogP contribution in [0, 0.1) is 0 Å². The number of nitrogens with zero attached hydrogens (tertiary/aromatic N) is 1. The zero-order chi connectivity index (χ0) is 13.8. The van der Waals surface area contributed by atoms with E-state index in [9.17, 15) is 4.79 Å². The van der Waals surface area contributed by atoms with Crippen molar-refractivity contribution >= 4 is 5.91 Å². The lowest BCUT2D eigenvalue weighted by molar-refractivity contribution is 0.0793. The molecule has 0 radical (unpaired) electrons. The molecule has 1 amide bonds. The normalized spacial score (nSPS) is 22.2. The third kappa shape index (κ3) is 3.12. The van der Waals surface area contributed by atoms with Gasteiger partial charge in [0.15, 0.2) is 0 Å². The highest BCUT2D eigenvalue weighted by Gasteiger charge is 2.19. The van der Waals surface area contributed by atoms with Crippen molar-refractivity contribution in [2.24, 2.45) is 0 Å². The van der Waals surface area contributed by atoms with Crippen molar-refractivity contribution in [1.82, 2.24) is 10.2 Å². The standard InChI is InChI=1S/C16H22N2O2/c19-16(18-10-1-2-11-18)13-5-7-15(8-6-13)20-12-14-4-3-9-17-14/h5-8,14,17H,1-4,9-12H2. The lowest BCUT2D eigenvalue weighted by Crippen LogP contribution is -2.28. The summed E-state index contributed by atoms with van der Waals surface area (Å²) in [6, 6.07) is 8.02. The van der Waals surface area contributed by atoms with Gasteiger partial charge in [0.05, 0.1) is 0 Å². The predicted octanol–water partition coefficient (Wildman–Crippen LogP) is 2.05. The van der Waals surface area contributed by atoms with Gasteiger partial charge in [0.25, 0.3) is 5.91 Å². The molecule has 1 unspecified atom stereocenters. The summed E-state index contributed by atoms with van der Waals surface area (Å²) >= 11 is 0. The topological polar surface area (TPSA) is 41.6 Å². The summed E-state index contributed by atoms with van der Waals surface area (Å²) in [5.74, 6) is 0.989. The maximum atomic E-state index is 12.2. The molecule has 0 spiro atoms. The molecule has 20 heavy (non-hydrogen) atoms. The van der Waals surface area contributed by atoms with E-state index >= 15 is 0 Å². The Morgan fingerprint density at radius 1 is 1.20 bits per heavy atom. The number of nitrogens with one attached hydrogen (secondary N) is 1. The van der Waals surface area contributed by atoms with Gasteiger partial charge in [-0.2, -0.15) is 0 Å². The molecular formula is C16H22N2O2. The SMILES string of the molecule is O=C(c1ccc(OCC2CCCN2)cc1)N1CCCC1. The van der Waals surface area contributed by atoms with E-state index in [1.54, 1.807) is 0 Å². The first-order valence-electron chi connectivity index (χ1n) is 7.58. The van der Waals surface area contributed by atoms with Crippen LogP contribution in [0.25, 0.3) is 0 Å². The van der Waals surface area contributed by atoms with Crippen LogP contribution in [0.1, 0.15) is 36.0 Å². The number of benzene rings is 1. The number of amides is 1. The second-order valence-electron chi connectivity index (χ2n) is 5.63. The zero-order valence-electron chi connectivity index (χ0n) is 11.8. The Hall–Kier alpha value is -1.55. The molecule has 1 N–H and O–H groups in total. The highest BCUT2D eigenvalue weighted by atomic mass is 16.5. The van der Waals surface area contributed by atoms with E-state index in [2.05, 4.69) is 5.32 Å². The summed E-state index contributed by atoms with van der Waals surface area (Å²) in [6.07, 6.45) is 4.67. The van der Waals surface area contributed by atoms with Crippen LogP contribution < -0.4 is 10.1 Å². The number of likely N-dealkylation sites (tertiary alicyclic amines) is 1. The first kappa shape index (κ1) is 13.4. The third-order valence-electron chi connectivity index (χ3n) is 4.11. The van der Waals surface area contributed by atoms with E-state index in [-0.39, 0.29) is 5.91 Å². The molecule has 1 atom stereocenters. The minimum absolute atomic E-state index is 0.145. The first-order valence-corrected chi connectivity index (χ1v) is 7.58. The van der Waals surface area contributed by atoms with Crippen molar-refractivity contribution in [3.8, 4) is 5.75 Å². The molecule has 0 aromatic heterocycles. The van der Waals surface area contributed by atoms with E-state index in [0.717, 1.165) is 43.8 Å². The summed E-state index contributed by atoms with van der Waals surface area (Å²) in [4.78, 5) is 14.1. The van der Waals surface area contributed by atoms with Gasteiger partial charge >= 0.3 is 0 Å². The van der Waals surface area contributed by atoms with Crippen LogP contribution in [0.3, 0.4) is 0 Å². The molecule has 0 bridgehead atoms. The number of hydrogen-bond donors (Lipinski definition) is 1. The van der Waals surface area contributed by atoms with Gasteiger partial charge in [-0.3, -0.25) is 4.79 Å². The van der Waals surface area contributed by atoms with E-state index in [1.165, 1.54) is 12.8 Å². The summed E-state index contributed by atoms with van der Waals surface area (Å²) in [5, 5.41) is 3.41. The van der Waals surface area contributed by atoms with Gasteiger partial charge in [0.1, 0.15) is 12.4 Å². The van der Waals surface area contributed by atoms with E-state index in [4.69, 9.17) is 4.74 Å².